The zero-order valence-corrected chi connectivity index (χ0v) is 8.10. The standard InChI is InChI=1S/C9H15N3O2/c1-6(13)4-12-9(14)7-5-11-3-2-8(7)10/h2-3,6-7,13H,4-5,10H2,1H3,(H,12,14). The van der Waals surface area contributed by atoms with Gasteiger partial charge in [-0.2, -0.15) is 0 Å². The summed E-state index contributed by atoms with van der Waals surface area (Å²) in [7, 11) is 0. The summed E-state index contributed by atoms with van der Waals surface area (Å²) in [6.07, 6.45) is 2.67. The number of allylic oxidation sites excluding steroid dienone is 1. The average molecular weight is 197 g/mol. The van der Waals surface area contributed by atoms with Crippen LogP contribution in [0.25, 0.3) is 0 Å². The summed E-state index contributed by atoms with van der Waals surface area (Å²) >= 11 is 0. The summed E-state index contributed by atoms with van der Waals surface area (Å²) in [5.74, 6) is -0.574. The third-order valence-corrected chi connectivity index (χ3v) is 1.95. The molecular formula is C9H15N3O2. The minimum atomic E-state index is -0.545. The molecule has 1 aliphatic rings. The number of aliphatic hydroxyl groups excluding tert-OH is 1. The maximum absolute atomic E-state index is 11.5. The van der Waals surface area contributed by atoms with Crippen molar-refractivity contribution in [2.24, 2.45) is 16.6 Å². The molecule has 1 aliphatic heterocycles. The zero-order valence-electron chi connectivity index (χ0n) is 8.10. The summed E-state index contributed by atoms with van der Waals surface area (Å²) in [4.78, 5) is 15.4. The van der Waals surface area contributed by atoms with E-state index in [4.69, 9.17) is 10.8 Å². The smallest absolute Gasteiger partial charge is 0.231 e. The van der Waals surface area contributed by atoms with Crippen molar-refractivity contribution in [3.63, 3.8) is 0 Å². The molecule has 2 unspecified atom stereocenters. The molecule has 0 saturated heterocycles. The molecule has 0 aromatic carbocycles. The molecule has 14 heavy (non-hydrogen) atoms. The Morgan fingerprint density at radius 1 is 1.93 bits per heavy atom. The fraction of sp³-hybridized carbons (Fsp3) is 0.556. The van der Waals surface area contributed by atoms with E-state index in [1.807, 2.05) is 0 Å². The van der Waals surface area contributed by atoms with Gasteiger partial charge in [0.2, 0.25) is 5.91 Å². The van der Waals surface area contributed by atoms with Crippen molar-refractivity contribution in [1.82, 2.24) is 5.32 Å². The van der Waals surface area contributed by atoms with E-state index < -0.39 is 12.0 Å². The average Bonchev–Trinajstić information content (AvgIpc) is 2.15. The molecule has 5 heteroatoms. The van der Waals surface area contributed by atoms with Gasteiger partial charge in [0.1, 0.15) is 0 Å². The lowest BCUT2D eigenvalue weighted by Crippen LogP contribution is -2.39. The van der Waals surface area contributed by atoms with E-state index in [0.29, 0.717) is 12.2 Å². The van der Waals surface area contributed by atoms with Crippen LogP contribution in [0.2, 0.25) is 0 Å². The van der Waals surface area contributed by atoms with Crippen LogP contribution >= 0.6 is 0 Å². The van der Waals surface area contributed by atoms with Gasteiger partial charge >= 0.3 is 0 Å². The molecule has 0 radical (unpaired) electrons. The molecule has 0 saturated carbocycles. The molecule has 2 atom stereocenters. The third kappa shape index (κ3) is 2.85. The lowest BCUT2D eigenvalue weighted by atomic mass is 10.0. The van der Waals surface area contributed by atoms with E-state index in [0.717, 1.165) is 0 Å². The van der Waals surface area contributed by atoms with Crippen molar-refractivity contribution in [2.75, 3.05) is 13.1 Å². The number of rotatable bonds is 3. The number of nitrogens with one attached hydrogen (secondary N) is 1. The Morgan fingerprint density at radius 2 is 2.64 bits per heavy atom. The molecule has 0 aliphatic carbocycles. The lowest BCUT2D eigenvalue weighted by Gasteiger charge is -2.17. The van der Waals surface area contributed by atoms with E-state index in [1.54, 1.807) is 19.2 Å². The largest absolute Gasteiger partial charge is 0.401 e. The number of aliphatic hydroxyl groups is 1. The Balaban J connectivity index is 2.45. The van der Waals surface area contributed by atoms with E-state index >= 15 is 0 Å². The number of dihydropyridines is 1. The van der Waals surface area contributed by atoms with Gasteiger partial charge in [-0.05, 0) is 13.0 Å². The lowest BCUT2D eigenvalue weighted by molar-refractivity contribution is -0.124. The van der Waals surface area contributed by atoms with Gasteiger partial charge in [0, 0.05) is 18.5 Å². The first kappa shape index (κ1) is 10.7. The van der Waals surface area contributed by atoms with Crippen molar-refractivity contribution in [2.45, 2.75) is 13.0 Å². The molecule has 0 aromatic rings. The van der Waals surface area contributed by atoms with Crippen molar-refractivity contribution in [3.8, 4) is 0 Å². The van der Waals surface area contributed by atoms with Crippen LogP contribution in [0, 0.1) is 5.92 Å². The van der Waals surface area contributed by atoms with Gasteiger partial charge in [-0.15, -0.1) is 0 Å². The van der Waals surface area contributed by atoms with Crippen LogP contribution in [-0.2, 0) is 4.79 Å². The van der Waals surface area contributed by atoms with Crippen LogP contribution in [0.4, 0.5) is 0 Å². The fourth-order valence-electron chi connectivity index (χ4n) is 1.13. The molecule has 1 heterocycles. The highest BCUT2D eigenvalue weighted by Crippen LogP contribution is 2.09. The maximum atomic E-state index is 11.5. The topological polar surface area (TPSA) is 87.7 Å². The number of hydrogen-bond acceptors (Lipinski definition) is 4. The van der Waals surface area contributed by atoms with Crippen molar-refractivity contribution >= 4 is 12.1 Å². The molecule has 0 spiro atoms. The Hall–Kier alpha value is -1.36. The highest BCUT2D eigenvalue weighted by Gasteiger charge is 2.21. The van der Waals surface area contributed by atoms with Crippen LogP contribution < -0.4 is 11.1 Å². The SMILES string of the molecule is CC(O)CNC(=O)C1CN=CC=C1N. The quantitative estimate of drug-likeness (QED) is 0.543. The summed E-state index contributed by atoms with van der Waals surface area (Å²) in [6, 6.07) is 0. The molecular weight excluding hydrogens is 182 g/mol. The van der Waals surface area contributed by atoms with Crippen molar-refractivity contribution < 1.29 is 9.90 Å². The van der Waals surface area contributed by atoms with Gasteiger partial charge < -0.3 is 16.2 Å². The highest BCUT2D eigenvalue weighted by atomic mass is 16.3. The molecule has 5 nitrogen and oxygen atoms in total. The first-order chi connectivity index (χ1) is 6.61. The number of amides is 1. The van der Waals surface area contributed by atoms with Crippen LogP contribution in [-0.4, -0.2) is 36.4 Å². The predicted molar refractivity (Wildman–Crippen MR) is 53.8 cm³/mol. The molecule has 0 bridgehead atoms. The minimum absolute atomic E-state index is 0.184. The Kier molecular flexibility index (Phi) is 3.64. The summed E-state index contributed by atoms with van der Waals surface area (Å²) in [5, 5.41) is 11.6. The van der Waals surface area contributed by atoms with E-state index in [1.165, 1.54) is 0 Å². The molecule has 1 rings (SSSR count). The number of aliphatic imine (C=N–C) groups is 1. The fourth-order valence-corrected chi connectivity index (χ4v) is 1.13. The van der Waals surface area contributed by atoms with E-state index in [2.05, 4.69) is 10.3 Å². The Morgan fingerprint density at radius 3 is 3.21 bits per heavy atom. The number of nitrogens with two attached hydrogens (primary N) is 1. The monoisotopic (exact) mass is 197 g/mol. The van der Waals surface area contributed by atoms with Crippen molar-refractivity contribution in [1.29, 1.82) is 0 Å². The number of carbonyl (C=O) groups excluding carboxylic acids is 1. The normalized spacial score (nSPS) is 22.7. The Labute approximate surface area is 82.7 Å². The minimum Gasteiger partial charge on any atom is -0.401 e. The van der Waals surface area contributed by atoms with Gasteiger partial charge in [0.25, 0.3) is 0 Å². The van der Waals surface area contributed by atoms with E-state index in [9.17, 15) is 4.79 Å². The first-order valence-corrected chi connectivity index (χ1v) is 4.52. The Bertz CT molecular complexity index is 271. The summed E-state index contributed by atoms with van der Waals surface area (Å²) in [6.45, 7) is 2.23. The van der Waals surface area contributed by atoms with Crippen LogP contribution in [0.15, 0.2) is 16.8 Å². The van der Waals surface area contributed by atoms with E-state index in [-0.39, 0.29) is 12.5 Å². The maximum Gasteiger partial charge on any atom is 0.231 e. The van der Waals surface area contributed by atoms with Crippen LogP contribution in [0.1, 0.15) is 6.92 Å². The molecule has 0 aromatic heterocycles. The summed E-state index contributed by atoms with van der Waals surface area (Å²) in [5.41, 5.74) is 6.15. The summed E-state index contributed by atoms with van der Waals surface area (Å²) < 4.78 is 0. The van der Waals surface area contributed by atoms with Crippen LogP contribution in [0.3, 0.4) is 0 Å². The highest BCUT2D eigenvalue weighted by molar-refractivity contribution is 5.85. The molecule has 0 fully saturated rings. The second kappa shape index (κ2) is 4.76. The number of nitrogens with zero attached hydrogens (tertiary/aromatic N) is 1. The molecule has 1 amide bonds. The van der Waals surface area contributed by atoms with Gasteiger partial charge in [0.05, 0.1) is 18.6 Å². The van der Waals surface area contributed by atoms with Gasteiger partial charge in [0.15, 0.2) is 0 Å². The van der Waals surface area contributed by atoms with Crippen molar-refractivity contribution in [3.05, 3.63) is 11.8 Å². The second-order valence-corrected chi connectivity index (χ2v) is 3.33. The third-order valence-electron chi connectivity index (χ3n) is 1.95. The molecule has 78 valence electrons. The van der Waals surface area contributed by atoms with Gasteiger partial charge in [-0.1, -0.05) is 0 Å². The number of hydrogen-bond donors (Lipinski definition) is 3. The van der Waals surface area contributed by atoms with Gasteiger partial charge in [-0.3, -0.25) is 9.79 Å². The van der Waals surface area contributed by atoms with Crippen LogP contribution in [0.5, 0.6) is 0 Å². The first-order valence-electron chi connectivity index (χ1n) is 4.52. The van der Waals surface area contributed by atoms with Gasteiger partial charge in [-0.25, -0.2) is 0 Å². The number of carbonyl (C=O) groups is 1. The predicted octanol–water partition coefficient (Wildman–Crippen LogP) is -0.973. The molecule has 4 N–H and O–H groups in total. The zero-order chi connectivity index (χ0) is 10.6. The second-order valence-electron chi connectivity index (χ2n) is 3.33.